The van der Waals surface area contributed by atoms with Crippen molar-refractivity contribution in [2.75, 3.05) is 53.2 Å². The topological polar surface area (TPSA) is 81.8 Å². The Morgan fingerprint density at radius 2 is 1.46 bits per heavy atom. The molecule has 0 spiro atoms. The van der Waals surface area contributed by atoms with Gasteiger partial charge < -0.3 is 10.6 Å². The second-order valence-corrected chi connectivity index (χ2v) is 11.3. The molecule has 1 saturated heterocycles. The minimum absolute atomic E-state index is 0.254. The lowest BCUT2D eigenvalue weighted by Crippen LogP contribution is -2.45. The SMILES string of the molecule is Cc1cc(C(=O)Nc2ccc(Cl)cc2)ccc1N(CCN1CCS(=O)CC1)C(=O)Nc1ccc(Cl)cc1. The molecule has 3 aromatic rings. The molecule has 0 aliphatic carbocycles. The van der Waals surface area contributed by atoms with Crippen molar-refractivity contribution in [3.8, 4) is 0 Å². The molecule has 7 nitrogen and oxygen atoms in total. The number of hydrogen-bond acceptors (Lipinski definition) is 4. The molecule has 1 aliphatic heterocycles. The van der Waals surface area contributed by atoms with E-state index in [1.165, 1.54) is 0 Å². The van der Waals surface area contributed by atoms with Gasteiger partial charge in [0, 0.05) is 81.2 Å². The van der Waals surface area contributed by atoms with Gasteiger partial charge in [-0.05, 0) is 79.2 Å². The normalized spacial score (nSPS) is 14.2. The Morgan fingerprint density at radius 3 is 2.03 bits per heavy atom. The van der Waals surface area contributed by atoms with Crippen LogP contribution in [0.25, 0.3) is 0 Å². The van der Waals surface area contributed by atoms with Crippen LogP contribution in [0.4, 0.5) is 21.9 Å². The molecular formula is C27H28Cl2N4O3S. The van der Waals surface area contributed by atoms with Gasteiger partial charge in [-0.1, -0.05) is 23.2 Å². The van der Waals surface area contributed by atoms with Gasteiger partial charge in [-0.2, -0.15) is 0 Å². The first-order valence-corrected chi connectivity index (χ1v) is 14.1. The third kappa shape index (κ3) is 7.55. The first kappa shape index (κ1) is 27.1. The molecule has 3 amide bonds. The minimum Gasteiger partial charge on any atom is -0.322 e. The largest absolute Gasteiger partial charge is 0.326 e. The molecule has 1 fully saturated rings. The van der Waals surface area contributed by atoms with Gasteiger partial charge in [-0.25, -0.2) is 4.79 Å². The van der Waals surface area contributed by atoms with E-state index < -0.39 is 10.8 Å². The Kier molecular flexibility index (Phi) is 9.21. The summed E-state index contributed by atoms with van der Waals surface area (Å²) in [5, 5.41) is 6.97. The van der Waals surface area contributed by atoms with Crippen LogP contribution in [0.1, 0.15) is 15.9 Å². The Labute approximate surface area is 229 Å². The standard InChI is InChI=1S/C27H28Cl2N4O3S/c1-19-18-20(26(34)30-23-7-3-21(28)4-8-23)2-11-25(19)33(13-12-32-14-16-37(36)17-15-32)27(35)31-24-9-5-22(29)6-10-24/h2-11,18H,12-17H2,1H3,(H,30,34)(H,31,35). The molecule has 3 aromatic carbocycles. The lowest BCUT2D eigenvalue weighted by Gasteiger charge is -2.30. The number of anilines is 3. The predicted molar refractivity (Wildman–Crippen MR) is 153 cm³/mol. The second kappa shape index (κ2) is 12.6. The van der Waals surface area contributed by atoms with Gasteiger partial charge in [-0.3, -0.25) is 18.8 Å². The number of benzene rings is 3. The van der Waals surface area contributed by atoms with E-state index in [9.17, 15) is 13.8 Å². The van der Waals surface area contributed by atoms with Crippen LogP contribution in [0.2, 0.25) is 10.0 Å². The summed E-state index contributed by atoms with van der Waals surface area (Å²) in [6.07, 6.45) is 0. The number of urea groups is 1. The quantitative estimate of drug-likeness (QED) is 0.392. The molecule has 37 heavy (non-hydrogen) atoms. The highest BCUT2D eigenvalue weighted by molar-refractivity contribution is 7.85. The Balaban J connectivity index is 1.52. The number of carbonyl (C=O) groups excluding carboxylic acids is 2. The van der Waals surface area contributed by atoms with E-state index in [0.717, 1.165) is 18.7 Å². The van der Waals surface area contributed by atoms with Crippen molar-refractivity contribution in [3.63, 3.8) is 0 Å². The molecule has 0 radical (unpaired) electrons. The molecule has 4 rings (SSSR count). The van der Waals surface area contributed by atoms with Gasteiger partial charge >= 0.3 is 6.03 Å². The third-order valence-electron chi connectivity index (χ3n) is 6.10. The smallest absolute Gasteiger partial charge is 0.322 e. The summed E-state index contributed by atoms with van der Waals surface area (Å²) in [6, 6.07) is 18.8. The second-order valence-electron chi connectivity index (χ2n) is 8.74. The maximum absolute atomic E-state index is 13.4. The molecule has 1 heterocycles. The van der Waals surface area contributed by atoms with E-state index in [1.54, 1.807) is 71.6 Å². The van der Waals surface area contributed by atoms with Crippen molar-refractivity contribution in [2.45, 2.75) is 6.92 Å². The van der Waals surface area contributed by atoms with Crippen molar-refractivity contribution in [3.05, 3.63) is 87.9 Å². The van der Waals surface area contributed by atoms with E-state index in [-0.39, 0.29) is 11.9 Å². The summed E-state index contributed by atoms with van der Waals surface area (Å²) < 4.78 is 11.7. The number of aryl methyl sites for hydroxylation is 1. The fourth-order valence-electron chi connectivity index (χ4n) is 4.03. The molecule has 0 aromatic heterocycles. The number of nitrogens with zero attached hydrogens (tertiary/aromatic N) is 2. The fraction of sp³-hybridized carbons (Fsp3) is 0.259. The van der Waals surface area contributed by atoms with E-state index >= 15 is 0 Å². The zero-order chi connectivity index (χ0) is 26.4. The highest BCUT2D eigenvalue weighted by atomic mass is 35.5. The number of carbonyl (C=O) groups is 2. The third-order valence-corrected chi connectivity index (χ3v) is 7.88. The fourth-order valence-corrected chi connectivity index (χ4v) is 5.41. The monoisotopic (exact) mass is 558 g/mol. The van der Waals surface area contributed by atoms with Crippen LogP contribution in [0.5, 0.6) is 0 Å². The van der Waals surface area contributed by atoms with Crippen LogP contribution < -0.4 is 15.5 Å². The van der Waals surface area contributed by atoms with E-state index in [0.29, 0.717) is 57.3 Å². The maximum Gasteiger partial charge on any atom is 0.326 e. The molecule has 194 valence electrons. The molecular weight excluding hydrogens is 531 g/mol. The zero-order valence-electron chi connectivity index (χ0n) is 20.4. The Hall–Kier alpha value is -2.91. The number of amides is 3. The van der Waals surface area contributed by atoms with Crippen molar-refractivity contribution in [2.24, 2.45) is 0 Å². The van der Waals surface area contributed by atoms with E-state index in [4.69, 9.17) is 23.2 Å². The van der Waals surface area contributed by atoms with E-state index in [1.807, 2.05) is 6.92 Å². The number of nitrogens with one attached hydrogen (secondary N) is 2. The Morgan fingerprint density at radius 1 is 0.892 bits per heavy atom. The summed E-state index contributed by atoms with van der Waals surface area (Å²) in [5.41, 5.74) is 3.24. The summed E-state index contributed by atoms with van der Waals surface area (Å²) in [5.74, 6) is 1.04. The van der Waals surface area contributed by atoms with Crippen molar-refractivity contribution in [1.82, 2.24) is 4.90 Å². The molecule has 1 aliphatic rings. The average Bonchev–Trinajstić information content (AvgIpc) is 2.88. The number of hydrogen-bond donors (Lipinski definition) is 2. The lowest BCUT2D eigenvalue weighted by molar-refractivity contribution is 0.102. The highest BCUT2D eigenvalue weighted by Crippen LogP contribution is 2.24. The maximum atomic E-state index is 13.4. The Bertz CT molecular complexity index is 1280. The van der Waals surface area contributed by atoms with Crippen LogP contribution in [0, 0.1) is 6.92 Å². The van der Waals surface area contributed by atoms with Gasteiger partial charge in [0.25, 0.3) is 5.91 Å². The summed E-state index contributed by atoms with van der Waals surface area (Å²) in [4.78, 5) is 30.1. The van der Waals surface area contributed by atoms with Crippen LogP contribution in [-0.4, -0.2) is 58.7 Å². The van der Waals surface area contributed by atoms with Crippen molar-refractivity contribution >= 4 is 63.0 Å². The highest BCUT2D eigenvalue weighted by Gasteiger charge is 2.22. The molecule has 0 bridgehead atoms. The lowest BCUT2D eigenvalue weighted by atomic mass is 10.1. The average molecular weight is 560 g/mol. The zero-order valence-corrected chi connectivity index (χ0v) is 22.7. The van der Waals surface area contributed by atoms with Gasteiger partial charge in [0.1, 0.15) is 0 Å². The predicted octanol–water partition coefficient (Wildman–Crippen LogP) is 5.66. The van der Waals surface area contributed by atoms with Crippen LogP contribution in [-0.2, 0) is 10.8 Å². The first-order chi connectivity index (χ1) is 17.8. The minimum atomic E-state index is -0.765. The van der Waals surface area contributed by atoms with Crippen molar-refractivity contribution in [1.29, 1.82) is 0 Å². The molecule has 2 N–H and O–H groups in total. The van der Waals surface area contributed by atoms with Gasteiger partial charge in [-0.15, -0.1) is 0 Å². The van der Waals surface area contributed by atoms with Gasteiger partial charge in [0.05, 0.1) is 0 Å². The summed E-state index contributed by atoms with van der Waals surface area (Å²) >= 11 is 11.9. The van der Waals surface area contributed by atoms with Crippen LogP contribution in [0.3, 0.4) is 0 Å². The number of halogens is 2. The van der Waals surface area contributed by atoms with E-state index in [2.05, 4.69) is 15.5 Å². The van der Waals surface area contributed by atoms with Gasteiger partial charge in [0.2, 0.25) is 0 Å². The molecule has 0 atom stereocenters. The molecule has 0 saturated carbocycles. The summed E-state index contributed by atoms with van der Waals surface area (Å²) in [7, 11) is -0.765. The molecule has 0 unspecified atom stereocenters. The van der Waals surface area contributed by atoms with Gasteiger partial charge in [0.15, 0.2) is 0 Å². The molecule has 10 heteroatoms. The van der Waals surface area contributed by atoms with Crippen LogP contribution in [0.15, 0.2) is 66.7 Å². The number of rotatable bonds is 7. The first-order valence-electron chi connectivity index (χ1n) is 11.9. The summed E-state index contributed by atoms with van der Waals surface area (Å²) in [6.45, 7) is 4.43. The van der Waals surface area contributed by atoms with Crippen molar-refractivity contribution < 1.29 is 13.8 Å². The van der Waals surface area contributed by atoms with Crippen LogP contribution >= 0.6 is 23.2 Å².